The van der Waals surface area contributed by atoms with Crippen LogP contribution < -0.4 is 5.32 Å². The van der Waals surface area contributed by atoms with Crippen LogP contribution in [0.15, 0.2) is 30.5 Å². The molecule has 8 heteroatoms. The number of ketones is 1. The number of Topliss-reactive ketones (excluding diaryl/α,β-unsaturated/α-hetero) is 1. The van der Waals surface area contributed by atoms with Gasteiger partial charge in [-0.3, -0.25) is 19.3 Å². The molecule has 0 bridgehead atoms. The zero-order valence-electron chi connectivity index (χ0n) is 13.8. The van der Waals surface area contributed by atoms with Gasteiger partial charge in [-0.2, -0.15) is 0 Å². The van der Waals surface area contributed by atoms with Gasteiger partial charge in [0.25, 0.3) is 5.91 Å². The Morgan fingerprint density at radius 3 is 2.60 bits per heavy atom. The van der Waals surface area contributed by atoms with Crippen molar-refractivity contribution in [1.29, 1.82) is 0 Å². The molecule has 8 nitrogen and oxygen atoms in total. The number of nitrogens with one attached hydrogen (secondary N) is 2. The topological polar surface area (TPSA) is 109 Å². The number of ether oxygens (including phenoxy) is 1. The largest absolute Gasteiger partial charge is 0.456 e. The number of para-hydroxylation sites is 1. The summed E-state index contributed by atoms with van der Waals surface area (Å²) in [5, 5.41) is 3.20. The number of amides is 3. The molecule has 0 saturated carbocycles. The lowest BCUT2D eigenvalue weighted by atomic mass is 10.1. The first-order chi connectivity index (χ1) is 11.8. The number of hydrogen-bond acceptors (Lipinski definition) is 5. The van der Waals surface area contributed by atoms with Gasteiger partial charge in [0, 0.05) is 22.7 Å². The fourth-order valence-electron chi connectivity index (χ4n) is 2.66. The van der Waals surface area contributed by atoms with Gasteiger partial charge in [0.2, 0.25) is 5.78 Å². The first-order valence-corrected chi connectivity index (χ1v) is 7.68. The molecule has 130 valence electrons. The van der Waals surface area contributed by atoms with Crippen LogP contribution in [0.25, 0.3) is 10.9 Å². The summed E-state index contributed by atoms with van der Waals surface area (Å²) in [7, 11) is 0. The molecule has 2 heterocycles. The van der Waals surface area contributed by atoms with Crippen LogP contribution in [0, 0.1) is 0 Å². The molecule has 1 aromatic heterocycles. The van der Waals surface area contributed by atoms with Crippen molar-refractivity contribution < 1.29 is 23.9 Å². The Morgan fingerprint density at radius 2 is 1.92 bits per heavy atom. The predicted octanol–water partition coefficient (Wildman–Crippen LogP) is 1.22. The minimum Gasteiger partial charge on any atom is -0.456 e. The van der Waals surface area contributed by atoms with E-state index in [0.29, 0.717) is 5.56 Å². The lowest BCUT2D eigenvalue weighted by Crippen LogP contribution is -2.41. The third kappa shape index (κ3) is 3.10. The van der Waals surface area contributed by atoms with Crippen LogP contribution in [-0.2, 0) is 14.3 Å². The quantitative estimate of drug-likeness (QED) is 0.482. The molecule has 1 fully saturated rings. The van der Waals surface area contributed by atoms with Gasteiger partial charge in [-0.05, 0) is 19.9 Å². The van der Waals surface area contributed by atoms with E-state index in [1.54, 1.807) is 32.2 Å². The van der Waals surface area contributed by atoms with Crippen LogP contribution in [0.2, 0.25) is 0 Å². The summed E-state index contributed by atoms with van der Waals surface area (Å²) in [6.45, 7) is 2.08. The van der Waals surface area contributed by atoms with Crippen LogP contribution in [0.5, 0.6) is 0 Å². The van der Waals surface area contributed by atoms with E-state index < -0.39 is 36.6 Å². The number of carbonyl (C=O) groups is 4. The molecule has 2 aromatic rings. The van der Waals surface area contributed by atoms with Crippen LogP contribution in [0.1, 0.15) is 24.2 Å². The lowest BCUT2D eigenvalue weighted by molar-refractivity contribution is -0.146. The minimum absolute atomic E-state index is 0.372. The van der Waals surface area contributed by atoms with Crippen molar-refractivity contribution in [3.8, 4) is 0 Å². The third-order valence-corrected chi connectivity index (χ3v) is 3.99. The summed E-state index contributed by atoms with van der Waals surface area (Å²) >= 11 is 0. The van der Waals surface area contributed by atoms with Gasteiger partial charge in [0.15, 0.2) is 6.61 Å². The standard InChI is InChI=1S/C17H17N3O5/c1-17(2)15(23)20(16(24)19-17)8-14(22)25-9-13(21)11-7-18-12-6-4-3-5-10(11)12/h3-7,18H,8-9H2,1-2H3,(H,19,24). The maximum absolute atomic E-state index is 12.2. The van der Waals surface area contributed by atoms with Gasteiger partial charge in [0.05, 0.1) is 0 Å². The number of imide groups is 1. The molecule has 3 amide bonds. The van der Waals surface area contributed by atoms with E-state index in [1.807, 2.05) is 12.1 Å². The highest BCUT2D eigenvalue weighted by atomic mass is 16.5. The van der Waals surface area contributed by atoms with Gasteiger partial charge < -0.3 is 15.0 Å². The van der Waals surface area contributed by atoms with Crippen molar-refractivity contribution in [3.05, 3.63) is 36.0 Å². The normalized spacial score (nSPS) is 16.2. The smallest absolute Gasteiger partial charge is 0.326 e. The van der Waals surface area contributed by atoms with E-state index >= 15 is 0 Å². The first-order valence-electron chi connectivity index (χ1n) is 7.68. The number of esters is 1. The number of urea groups is 1. The second-order valence-corrected chi connectivity index (χ2v) is 6.28. The fourth-order valence-corrected chi connectivity index (χ4v) is 2.66. The Morgan fingerprint density at radius 1 is 1.20 bits per heavy atom. The number of benzene rings is 1. The van der Waals surface area contributed by atoms with Gasteiger partial charge in [-0.25, -0.2) is 4.79 Å². The van der Waals surface area contributed by atoms with Gasteiger partial charge in [-0.15, -0.1) is 0 Å². The molecule has 2 N–H and O–H groups in total. The zero-order chi connectivity index (χ0) is 18.2. The minimum atomic E-state index is -1.06. The summed E-state index contributed by atoms with van der Waals surface area (Å²) in [6.07, 6.45) is 1.56. The number of carbonyl (C=O) groups excluding carboxylic acids is 4. The van der Waals surface area contributed by atoms with E-state index in [2.05, 4.69) is 10.3 Å². The molecule has 1 aliphatic rings. The summed E-state index contributed by atoms with van der Waals surface area (Å²) in [5.41, 5.74) is 0.162. The molecule has 3 rings (SSSR count). The zero-order valence-corrected chi connectivity index (χ0v) is 13.8. The summed E-state index contributed by atoms with van der Waals surface area (Å²) < 4.78 is 4.93. The second kappa shape index (κ2) is 6.04. The molecular weight excluding hydrogens is 326 g/mol. The average molecular weight is 343 g/mol. The number of rotatable bonds is 5. The van der Waals surface area contributed by atoms with E-state index in [4.69, 9.17) is 4.74 Å². The first kappa shape index (κ1) is 16.7. The highest BCUT2D eigenvalue weighted by molar-refractivity contribution is 6.10. The molecule has 0 radical (unpaired) electrons. The van der Waals surface area contributed by atoms with Crippen LogP contribution >= 0.6 is 0 Å². The molecule has 1 saturated heterocycles. The van der Waals surface area contributed by atoms with Crippen molar-refractivity contribution in [2.45, 2.75) is 19.4 Å². The number of aromatic amines is 1. The van der Waals surface area contributed by atoms with Crippen LogP contribution in [0.3, 0.4) is 0 Å². The van der Waals surface area contributed by atoms with Gasteiger partial charge in [-0.1, -0.05) is 18.2 Å². The summed E-state index contributed by atoms with van der Waals surface area (Å²) in [4.78, 5) is 51.6. The number of hydrogen-bond donors (Lipinski definition) is 2. The Kier molecular flexibility index (Phi) is 4.03. The van der Waals surface area contributed by atoms with Crippen molar-refractivity contribution in [3.63, 3.8) is 0 Å². The predicted molar refractivity (Wildman–Crippen MR) is 87.9 cm³/mol. The maximum Gasteiger partial charge on any atom is 0.326 e. The molecule has 0 aliphatic carbocycles. The number of fused-ring (bicyclic) bond motifs is 1. The molecule has 1 aromatic carbocycles. The molecule has 1 aliphatic heterocycles. The molecule has 25 heavy (non-hydrogen) atoms. The van der Waals surface area contributed by atoms with Crippen LogP contribution in [-0.4, -0.2) is 52.3 Å². The van der Waals surface area contributed by atoms with Crippen molar-refractivity contribution in [2.24, 2.45) is 0 Å². The van der Waals surface area contributed by atoms with Crippen molar-refractivity contribution >= 4 is 34.6 Å². The molecule has 0 atom stereocenters. The highest BCUT2D eigenvalue weighted by Crippen LogP contribution is 2.19. The second-order valence-electron chi connectivity index (χ2n) is 6.28. The number of nitrogens with zero attached hydrogens (tertiary/aromatic N) is 1. The summed E-state index contributed by atoms with van der Waals surface area (Å²) in [5.74, 6) is -1.71. The van der Waals surface area contributed by atoms with Crippen molar-refractivity contribution in [2.75, 3.05) is 13.2 Å². The van der Waals surface area contributed by atoms with Crippen molar-refractivity contribution in [1.82, 2.24) is 15.2 Å². The number of aromatic nitrogens is 1. The molecule has 0 spiro atoms. The van der Waals surface area contributed by atoms with E-state index in [-0.39, 0.29) is 5.78 Å². The van der Waals surface area contributed by atoms with E-state index in [9.17, 15) is 19.2 Å². The Bertz CT molecular complexity index is 883. The van der Waals surface area contributed by atoms with Gasteiger partial charge in [0.1, 0.15) is 12.1 Å². The average Bonchev–Trinajstić information content (AvgIpc) is 3.07. The van der Waals surface area contributed by atoms with Gasteiger partial charge >= 0.3 is 12.0 Å². The highest BCUT2D eigenvalue weighted by Gasteiger charge is 2.45. The Labute approximate surface area is 143 Å². The number of H-pyrrole nitrogens is 1. The molecule has 0 unspecified atom stereocenters. The van der Waals surface area contributed by atoms with E-state index in [1.165, 1.54) is 0 Å². The SMILES string of the molecule is CC1(C)NC(=O)N(CC(=O)OCC(=O)c2c[nH]c3ccccc23)C1=O. The lowest BCUT2D eigenvalue weighted by Gasteiger charge is -2.15. The fraction of sp³-hybridized carbons (Fsp3) is 0.294. The Balaban J connectivity index is 1.60. The monoisotopic (exact) mass is 343 g/mol. The summed E-state index contributed by atoms with van der Waals surface area (Å²) in [6, 6.07) is 6.61. The third-order valence-electron chi connectivity index (χ3n) is 3.99. The maximum atomic E-state index is 12.2. The van der Waals surface area contributed by atoms with Crippen LogP contribution in [0.4, 0.5) is 4.79 Å². The Hall–Kier alpha value is -3.16. The molecular formula is C17H17N3O5. The van der Waals surface area contributed by atoms with E-state index in [0.717, 1.165) is 15.8 Å².